The number of benzene rings is 1. The zero-order valence-electron chi connectivity index (χ0n) is 14.4. The fraction of sp³-hybridized carbons (Fsp3) is 0.316. The van der Waals surface area contributed by atoms with Crippen molar-refractivity contribution in [1.82, 2.24) is 14.5 Å². The molecule has 0 radical (unpaired) electrons. The van der Waals surface area contributed by atoms with Gasteiger partial charge in [0, 0.05) is 32.9 Å². The highest BCUT2D eigenvalue weighted by Gasteiger charge is 2.28. The van der Waals surface area contributed by atoms with E-state index in [2.05, 4.69) is 10.3 Å². The molecule has 2 heterocycles. The fourth-order valence-corrected chi connectivity index (χ4v) is 2.94. The van der Waals surface area contributed by atoms with Crippen LogP contribution in [0.25, 0.3) is 10.9 Å². The van der Waals surface area contributed by atoms with E-state index in [1.54, 1.807) is 6.20 Å². The lowest BCUT2D eigenvalue weighted by Gasteiger charge is -2.15. The molecular weight excluding hydrogens is 314 g/mol. The summed E-state index contributed by atoms with van der Waals surface area (Å²) < 4.78 is 1.82. The number of pyridine rings is 1. The Hall–Kier alpha value is -2.89. The maximum atomic E-state index is 12.9. The summed E-state index contributed by atoms with van der Waals surface area (Å²) in [7, 11) is 3.93. The molecule has 2 aromatic heterocycles. The number of fused-ring (bicyclic) bond motifs is 1. The molecule has 1 aromatic carbocycles. The van der Waals surface area contributed by atoms with Crippen molar-refractivity contribution in [3.05, 3.63) is 58.5 Å². The van der Waals surface area contributed by atoms with Crippen LogP contribution in [0.1, 0.15) is 24.4 Å². The van der Waals surface area contributed by atoms with Crippen LogP contribution in [0.3, 0.4) is 0 Å². The van der Waals surface area contributed by atoms with Crippen LogP contribution in [0.2, 0.25) is 0 Å². The van der Waals surface area contributed by atoms with E-state index in [9.17, 15) is 4.79 Å². The number of aromatic nitrogens is 3. The summed E-state index contributed by atoms with van der Waals surface area (Å²) in [5.41, 5.74) is 1.87. The van der Waals surface area contributed by atoms with Crippen molar-refractivity contribution in [3.8, 4) is 0 Å². The highest BCUT2D eigenvalue weighted by Crippen LogP contribution is 2.36. The third kappa shape index (κ3) is 3.07. The van der Waals surface area contributed by atoms with Gasteiger partial charge in [0.05, 0.1) is 10.9 Å². The van der Waals surface area contributed by atoms with Crippen molar-refractivity contribution in [2.45, 2.75) is 25.4 Å². The summed E-state index contributed by atoms with van der Waals surface area (Å²) in [5, 5.41) is 4.03. The quantitative estimate of drug-likeness (QED) is 0.777. The molecule has 1 saturated carbocycles. The highest BCUT2D eigenvalue weighted by molar-refractivity contribution is 5.78. The zero-order valence-corrected chi connectivity index (χ0v) is 14.4. The van der Waals surface area contributed by atoms with Gasteiger partial charge in [-0.2, -0.15) is 0 Å². The van der Waals surface area contributed by atoms with Gasteiger partial charge < -0.3 is 10.2 Å². The molecule has 3 aromatic rings. The molecule has 6 nitrogen and oxygen atoms in total. The van der Waals surface area contributed by atoms with Crippen LogP contribution in [0.4, 0.5) is 11.8 Å². The second-order valence-corrected chi connectivity index (χ2v) is 6.63. The monoisotopic (exact) mass is 335 g/mol. The standard InChI is InChI=1S/C19H21N5O/c1-23(2)17-11-13(9-10-20-17)12-21-19-22-16-6-4-3-5-15(16)18(25)24(19)14-7-8-14/h3-6,9-11,14H,7-8,12H2,1-2H3,(H,21,22). The molecule has 0 aliphatic heterocycles. The van der Waals surface area contributed by atoms with Gasteiger partial charge in [-0.25, -0.2) is 9.97 Å². The first kappa shape index (κ1) is 15.6. The van der Waals surface area contributed by atoms with Crippen LogP contribution in [0.15, 0.2) is 47.4 Å². The lowest BCUT2D eigenvalue weighted by Crippen LogP contribution is -2.24. The van der Waals surface area contributed by atoms with Gasteiger partial charge in [0.1, 0.15) is 5.82 Å². The van der Waals surface area contributed by atoms with Crippen molar-refractivity contribution in [1.29, 1.82) is 0 Å². The van der Waals surface area contributed by atoms with E-state index in [0.29, 0.717) is 17.9 Å². The Morgan fingerprint density at radius 1 is 1.24 bits per heavy atom. The second-order valence-electron chi connectivity index (χ2n) is 6.63. The summed E-state index contributed by atoms with van der Waals surface area (Å²) in [6.45, 7) is 0.598. The van der Waals surface area contributed by atoms with E-state index in [0.717, 1.165) is 29.7 Å². The SMILES string of the molecule is CN(C)c1cc(CNc2nc3ccccc3c(=O)n2C2CC2)ccn1. The summed E-state index contributed by atoms with van der Waals surface area (Å²) >= 11 is 0. The predicted molar refractivity (Wildman–Crippen MR) is 100 cm³/mol. The third-order valence-corrected chi connectivity index (χ3v) is 4.44. The molecular formula is C19H21N5O. The Bertz CT molecular complexity index is 975. The number of nitrogens with zero attached hydrogens (tertiary/aromatic N) is 4. The molecule has 6 heteroatoms. The van der Waals surface area contributed by atoms with Crippen molar-refractivity contribution in [2.24, 2.45) is 0 Å². The van der Waals surface area contributed by atoms with E-state index < -0.39 is 0 Å². The van der Waals surface area contributed by atoms with E-state index in [1.807, 2.05) is 60.0 Å². The van der Waals surface area contributed by atoms with Crippen molar-refractivity contribution >= 4 is 22.7 Å². The van der Waals surface area contributed by atoms with Crippen LogP contribution in [0.5, 0.6) is 0 Å². The molecule has 1 fully saturated rings. The van der Waals surface area contributed by atoms with Crippen molar-refractivity contribution in [2.75, 3.05) is 24.3 Å². The Morgan fingerprint density at radius 2 is 2.04 bits per heavy atom. The average molecular weight is 335 g/mol. The van der Waals surface area contributed by atoms with Crippen LogP contribution >= 0.6 is 0 Å². The first-order valence-corrected chi connectivity index (χ1v) is 8.51. The molecule has 0 saturated heterocycles. The Kier molecular flexibility index (Phi) is 3.87. The number of hydrogen-bond acceptors (Lipinski definition) is 5. The molecule has 0 spiro atoms. The van der Waals surface area contributed by atoms with Gasteiger partial charge in [0.15, 0.2) is 0 Å². The number of rotatable bonds is 5. The minimum absolute atomic E-state index is 0.0410. The van der Waals surface area contributed by atoms with Crippen LogP contribution in [0, 0.1) is 0 Å². The maximum Gasteiger partial charge on any atom is 0.263 e. The zero-order chi connectivity index (χ0) is 17.4. The van der Waals surface area contributed by atoms with Crippen LogP contribution in [-0.2, 0) is 6.54 Å². The molecule has 128 valence electrons. The molecule has 1 N–H and O–H groups in total. The topological polar surface area (TPSA) is 63.1 Å². The number of nitrogens with one attached hydrogen (secondary N) is 1. The largest absolute Gasteiger partial charge is 0.363 e. The number of anilines is 2. The Balaban J connectivity index is 1.68. The molecule has 25 heavy (non-hydrogen) atoms. The number of hydrogen-bond donors (Lipinski definition) is 1. The van der Waals surface area contributed by atoms with Gasteiger partial charge >= 0.3 is 0 Å². The molecule has 1 aliphatic rings. The normalized spacial score (nSPS) is 13.8. The molecule has 0 amide bonds. The molecule has 0 unspecified atom stereocenters. The van der Waals surface area contributed by atoms with Crippen molar-refractivity contribution < 1.29 is 0 Å². The smallest absolute Gasteiger partial charge is 0.263 e. The summed E-state index contributed by atoms with van der Waals surface area (Å²) in [6.07, 6.45) is 3.87. The van der Waals surface area contributed by atoms with Gasteiger partial charge in [-0.1, -0.05) is 12.1 Å². The highest BCUT2D eigenvalue weighted by atomic mass is 16.1. The summed E-state index contributed by atoms with van der Waals surface area (Å²) in [5.74, 6) is 1.56. The van der Waals surface area contributed by atoms with Gasteiger partial charge in [-0.15, -0.1) is 0 Å². The van der Waals surface area contributed by atoms with E-state index in [1.165, 1.54) is 0 Å². The van der Waals surface area contributed by atoms with E-state index >= 15 is 0 Å². The Morgan fingerprint density at radius 3 is 2.80 bits per heavy atom. The van der Waals surface area contributed by atoms with E-state index in [-0.39, 0.29) is 11.6 Å². The minimum atomic E-state index is 0.0410. The van der Waals surface area contributed by atoms with E-state index in [4.69, 9.17) is 4.98 Å². The summed E-state index contributed by atoms with van der Waals surface area (Å²) in [6, 6.07) is 11.8. The summed E-state index contributed by atoms with van der Waals surface area (Å²) in [4.78, 5) is 23.8. The van der Waals surface area contributed by atoms with Gasteiger partial charge in [0.2, 0.25) is 5.95 Å². The molecule has 0 bridgehead atoms. The van der Waals surface area contributed by atoms with Crippen LogP contribution in [-0.4, -0.2) is 28.6 Å². The first-order chi connectivity index (χ1) is 12.1. The molecule has 1 aliphatic carbocycles. The van der Waals surface area contributed by atoms with Gasteiger partial charge in [0.25, 0.3) is 5.56 Å². The predicted octanol–water partition coefficient (Wildman–Crippen LogP) is 2.80. The van der Waals surface area contributed by atoms with Crippen molar-refractivity contribution in [3.63, 3.8) is 0 Å². The average Bonchev–Trinajstić information content (AvgIpc) is 3.45. The minimum Gasteiger partial charge on any atom is -0.363 e. The molecule has 0 atom stereocenters. The Labute approximate surface area is 146 Å². The third-order valence-electron chi connectivity index (χ3n) is 4.44. The van der Waals surface area contributed by atoms with Gasteiger partial charge in [-0.05, 0) is 42.7 Å². The number of para-hydroxylation sites is 1. The maximum absolute atomic E-state index is 12.9. The lowest BCUT2D eigenvalue weighted by atomic mass is 10.2. The first-order valence-electron chi connectivity index (χ1n) is 8.51. The fourth-order valence-electron chi connectivity index (χ4n) is 2.94. The van der Waals surface area contributed by atoms with Crippen LogP contribution < -0.4 is 15.8 Å². The molecule has 4 rings (SSSR count). The second kappa shape index (κ2) is 6.20. The van der Waals surface area contributed by atoms with Gasteiger partial charge in [-0.3, -0.25) is 9.36 Å². The lowest BCUT2D eigenvalue weighted by molar-refractivity contribution is 0.703.